The summed E-state index contributed by atoms with van der Waals surface area (Å²) in [5.74, 6) is 0.923. The van der Waals surface area contributed by atoms with Gasteiger partial charge in [-0.1, -0.05) is 118 Å². The van der Waals surface area contributed by atoms with E-state index in [1.54, 1.807) is 0 Å². The smallest absolute Gasteiger partial charge is 0.132 e. The zero-order chi connectivity index (χ0) is 33.9. The van der Waals surface area contributed by atoms with Gasteiger partial charge in [0.05, 0.1) is 22.6 Å². The number of thiophene rings is 1. The van der Waals surface area contributed by atoms with Crippen LogP contribution in [0.15, 0.2) is 121 Å². The molecule has 2 aliphatic rings. The molecule has 0 amide bonds. The molecule has 2 unspecified atom stereocenters. The largest absolute Gasteiger partial charge is 0.359 e. The van der Waals surface area contributed by atoms with E-state index < -0.39 is 0 Å². The lowest BCUT2D eigenvalue weighted by Crippen LogP contribution is -2.25. The molecule has 50 heavy (non-hydrogen) atoms. The highest BCUT2D eigenvalue weighted by molar-refractivity contribution is 7.25. The van der Waals surface area contributed by atoms with Gasteiger partial charge in [-0.05, 0) is 61.1 Å². The van der Waals surface area contributed by atoms with Crippen molar-refractivity contribution in [1.29, 1.82) is 0 Å². The first-order valence-corrected chi connectivity index (χ1v) is 18.6. The van der Waals surface area contributed by atoms with Gasteiger partial charge in [0, 0.05) is 54.9 Å². The second-order valence-electron chi connectivity index (χ2n) is 14.1. The van der Waals surface area contributed by atoms with E-state index in [2.05, 4.69) is 159 Å². The van der Waals surface area contributed by atoms with Crippen molar-refractivity contribution in [2.45, 2.75) is 52.6 Å². The standard InChI is InChI=1S/C45H40N4S/c1-27(2)29(4)38-26-24-36-35-19-12-20-37(43(35)50-45(36)48-38)44-47-39-25-23-32-22-21-28(3)46-40(32)42(39)49(44)41-33(30-13-7-5-8-14-30)17-11-18-34(41)31-15-9-6-10-16-31/h5-9,11-15,17-27,29,44,47H,10,16H2,1-4H3. The summed E-state index contributed by atoms with van der Waals surface area (Å²) >= 11 is 1.82. The fourth-order valence-electron chi connectivity index (χ4n) is 7.70. The SMILES string of the molecule is Cc1ccc2ccc3c(c2n1)N(c1c(C2=CC=CCC2)cccc1-c1ccccc1)C(c1cccc2c1sc1nc(C(C)C(C)C)ccc12)N3. The van der Waals surface area contributed by atoms with Gasteiger partial charge in [-0.25, -0.2) is 4.98 Å². The Labute approximate surface area is 297 Å². The van der Waals surface area contributed by atoms with Crippen molar-refractivity contribution in [3.8, 4) is 11.1 Å². The summed E-state index contributed by atoms with van der Waals surface area (Å²) in [4.78, 5) is 14.1. The first-order chi connectivity index (χ1) is 24.5. The molecule has 1 aliphatic carbocycles. The predicted molar refractivity (Wildman–Crippen MR) is 214 cm³/mol. The Morgan fingerprint density at radius 3 is 2.42 bits per heavy atom. The van der Waals surface area contributed by atoms with Gasteiger partial charge in [-0.2, -0.15) is 0 Å². The number of hydrogen-bond acceptors (Lipinski definition) is 5. The number of hydrogen-bond donors (Lipinski definition) is 1. The number of benzene rings is 4. The number of para-hydroxylation sites is 1. The Balaban J connectivity index is 1.34. The van der Waals surface area contributed by atoms with Gasteiger partial charge < -0.3 is 10.2 Å². The molecule has 4 nitrogen and oxygen atoms in total. The van der Waals surface area contributed by atoms with E-state index in [0.29, 0.717) is 11.8 Å². The van der Waals surface area contributed by atoms with Crippen LogP contribution >= 0.6 is 11.3 Å². The van der Waals surface area contributed by atoms with Crippen LogP contribution < -0.4 is 10.2 Å². The van der Waals surface area contributed by atoms with Crippen molar-refractivity contribution in [3.05, 3.63) is 144 Å². The molecule has 246 valence electrons. The Hall–Kier alpha value is -5.26. The van der Waals surface area contributed by atoms with E-state index in [4.69, 9.17) is 9.97 Å². The van der Waals surface area contributed by atoms with Gasteiger partial charge in [-0.15, -0.1) is 11.3 Å². The van der Waals surface area contributed by atoms with E-state index in [9.17, 15) is 0 Å². The Morgan fingerprint density at radius 1 is 0.780 bits per heavy atom. The topological polar surface area (TPSA) is 41.1 Å². The second-order valence-corrected chi connectivity index (χ2v) is 15.1. The molecule has 7 aromatic rings. The van der Waals surface area contributed by atoms with Crippen molar-refractivity contribution in [3.63, 3.8) is 0 Å². The van der Waals surface area contributed by atoms with E-state index in [0.717, 1.165) is 51.3 Å². The second kappa shape index (κ2) is 12.3. The molecule has 0 saturated carbocycles. The number of aromatic nitrogens is 2. The van der Waals surface area contributed by atoms with Gasteiger partial charge in [0.2, 0.25) is 0 Å². The number of allylic oxidation sites excluding steroid dienone is 4. The average molecular weight is 669 g/mol. The highest BCUT2D eigenvalue weighted by Crippen LogP contribution is 2.55. The Morgan fingerprint density at radius 2 is 1.60 bits per heavy atom. The highest BCUT2D eigenvalue weighted by atomic mass is 32.1. The number of nitrogens with zero attached hydrogens (tertiary/aromatic N) is 3. The lowest BCUT2D eigenvalue weighted by Gasteiger charge is -2.33. The molecule has 0 fully saturated rings. The molecule has 0 spiro atoms. The molecule has 4 aromatic carbocycles. The minimum Gasteiger partial charge on any atom is -0.359 e. The third kappa shape index (κ3) is 5.02. The molecule has 4 heterocycles. The molecule has 9 rings (SSSR count). The molecular weight excluding hydrogens is 629 g/mol. The van der Waals surface area contributed by atoms with Crippen LogP contribution in [0.3, 0.4) is 0 Å². The van der Waals surface area contributed by atoms with Crippen LogP contribution in [0.25, 0.3) is 47.9 Å². The van der Waals surface area contributed by atoms with Crippen molar-refractivity contribution >= 4 is 65.2 Å². The normalized spacial score (nSPS) is 16.3. The fourth-order valence-corrected chi connectivity index (χ4v) is 8.91. The van der Waals surface area contributed by atoms with Gasteiger partial charge in [0.25, 0.3) is 0 Å². The van der Waals surface area contributed by atoms with Crippen LogP contribution in [-0.2, 0) is 0 Å². The lowest BCUT2D eigenvalue weighted by atomic mass is 9.90. The molecule has 3 aromatic heterocycles. The van der Waals surface area contributed by atoms with Crippen LogP contribution in [0, 0.1) is 12.8 Å². The van der Waals surface area contributed by atoms with E-state index in [1.165, 1.54) is 49.0 Å². The van der Waals surface area contributed by atoms with Crippen LogP contribution in [0.5, 0.6) is 0 Å². The molecule has 1 N–H and O–H groups in total. The predicted octanol–water partition coefficient (Wildman–Crippen LogP) is 12.7. The van der Waals surface area contributed by atoms with Gasteiger partial charge in [0.15, 0.2) is 0 Å². The minimum atomic E-state index is -0.174. The summed E-state index contributed by atoms with van der Waals surface area (Å²) in [7, 11) is 0. The summed E-state index contributed by atoms with van der Waals surface area (Å²) in [6, 6.07) is 37.7. The number of aryl methyl sites for hydroxylation is 1. The highest BCUT2D eigenvalue weighted by Gasteiger charge is 2.37. The van der Waals surface area contributed by atoms with Crippen molar-refractivity contribution in [2.75, 3.05) is 10.2 Å². The summed E-state index contributed by atoms with van der Waals surface area (Å²) in [5, 5.41) is 7.65. The zero-order valence-corrected chi connectivity index (χ0v) is 29.8. The first-order valence-electron chi connectivity index (χ1n) is 17.8. The summed E-state index contributed by atoms with van der Waals surface area (Å²) < 4.78 is 1.27. The molecule has 0 radical (unpaired) electrons. The zero-order valence-electron chi connectivity index (χ0n) is 28.9. The van der Waals surface area contributed by atoms with Crippen LogP contribution in [0.2, 0.25) is 0 Å². The molecule has 0 saturated heterocycles. The third-order valence-electron chi connectivity index (χ3n) is 10.7. The van der Waals surface area contributed by atoms with Crippen LogP contribution in [0.4, 0.5) is 17.1 Å². The van der Waals surface area contributed by atoms with Crippen molar-refractivity contribution in [2.24, 2.45) is 5.92 Å². The van der Waals surface area contributed by atoms with E-state index in [1.807, 2.05) is 11.3 Å². The maximum absolute atomic E-state index is 5.26. The van der Waals surface area contributed by atoms with E-state index >= 15 is 0 Å². The summed E-state index contributed by atoms with van der Waals surface area (Å²) in [6.45, 7) is 8.93. The number of nitrogens with one attached hydrogen (secondary N) is 1. The molecule has 1 aliphatic heterocycles. The van der Waals surface area contributed by atoms with Crippen LogP contribution in [-0.4, -0.2) is 9.97 Å². The van der Waals surface area contributed by atoms with Gasteiger partial charge >= 0.3 is 0 Å². The average Bonchev–Trinajstić information content (AvgIpc) is 3.73. The Kier molecular flexibility index (Phi) is 7.54. The number of anilines is 3. The lowest BCUT2D eigenvalue weighted by molar-refractivity contribution is 0.525. The maximum Gasteiger partial charge on any atom is 0.132 e. The fraction of sp³-hybridized carbons (Fsp3) is 0.200. The van der Waals surface area contributed by atoms with Crippen LogP contribution in [0.1, 0.15) is 68.2 Å². The number of fused-ring (bicyclic) bond motifs is 6. The Bertz CT molecular complexity index is 2490. The monoisotopic (exact) mass is 668 g/mol. The van der Waals surface area contributed by atoms with Crippen molar-refractivity contribution < 1.29 is 0 Å². The molecule has 0 bridgehead atoms. The molecule has 2 atom stereocenters. The van der Waals surface area contributed by atoms with Gasteiger partial charge in [-0.3, -0.25) is 4.98 Å². The maximum atomic E-state index is 5.26. The van der Waals surface area contributed by atoms with E-state index in [-0.39, 0.29) is 6.17 Å². The quantitative estimate of drug-likeness (QED) is 0.191. The molecular formula is C45H40N4S. The summed E-state index contributed by atoms with van der Waals surface area (Å²) in [5.41, 5.74) is 12.9. The minimum absolute atomic E-state index is 0.174. The van der Waals surface area contributed by atoms with Crippen molar-refractivity contribution in [1.82, 2.24) is 9.97 Å². The van der Waals surface area contributed by atoms with Gasteiger partial charge in [0.1, 0.15) is 11.0 Å². The first kappa shape index (κ1) is 30.8. The number of pyridine rings is 2. The number of rotatable bonds is 6. The molecule has 5 heteroatoms. The summed E-state index contributed by atoms with van der Waals surface area (Å²) in [6.07, 6.45) is 8.65. The third-order valence-corrected chi connectivity index (χ3v) is 11.8.